The van der Waals surface area contributed by atoms with Crippen molar-refractivity contribution < 1.29 is 19.0 Å². The number of carbonyl (C=O) groups is 1. The van der Waals surface area contributed by atoms with E-state index in [0.29, 0.717) is 36.6 Å². The average molecular weight is 329 g/mol. The van der Waals surface area contributed by atoms with Gasteiger partial charge in [-0.25, -0.2) is 0 Å². The van der Waals surface area contributed by atoms with E-state index in [1.807, 2.05) is 31.2 Å². The summed E-state index contributed by atoms with van der Waals surface area (Å²) in [7, 11) is 3.14. The Labute approximate surface area is 142 Å². The Morgan fingerprint density at radius 1 is 1.04 bits per heavy atom. The summed E-state index contributed by atoms with van der Waals surface area (Å²) in [6.07, 6.45) is 0.972. The first kappa shape index (κ1) is 17.7. The fraction of sp³-hybridized carbons (Fsp3) is 0.316. The number of nitrogens with one attached hydrogen (secondary N) is 1. The standard InChI is InChI=1S/C19H23NO4/c1-4-24-17-8-6-5-7-14(17)9-12-19(21)20-16-11-10-15(22-2)13-18(16)23-3/h5-8,10-11,13H,4,9,12H2,1-3H3,(H,20,21). The van der Waals surface area contributed by atoms with Crippen molar-refractivity contribution in [2.75, 3.05) is 26.1 Å². The van der Waals surface area contributed by atoms with E-state index >= 15 is 0 Å². The summed E-state index contributed by atoms with van der Waals surface area (Å²) >= 11 is 0. The summed E-state index contributed by atoms with van der Waals surface area (Å²) in [5.41, 5.74) is 1.65. The van der Waals surface area contributed by atoms with Crippen molar-refractivity contribution >= 4 is 11.6 Å². The lowest BCUT2D eigenvalue weighted by Crippen LogP contribution is -2.13. The van der Waals surface area contributed by atoms with E-state index in [1.54, 1.807) is 32.4 Å². The van der Waals surface area contributed by atoms with Gasteiger partial charge in [-0.3, -0.25) is 4.79 Å². The second-order valence-corrected chi connectivity index (χ2v) is 5.16. The van der Waals surface area contributed by atoms with Crippen LogP contribution in [0, 0.1) is 0 Å². The van der Waals surface area contributed by atoms with Crippen LogP contribution in [0.1, 0.15) is 18.9 Å². The zero-order chi connectivity index (χ0) is 17.4. The van der Waals surface area contributed by atoms with Gasteiger partial charge in [0.25, 0.3) is 0 Å². The molecule has 0 saturated carbocycles. The van der Waals surface area contributed by atoms with Gasteiger partial charge >= 0.3 is 0 Å². The molecular weight excluding hydrogens is 306 g/mol. The van der Waals surface area contributed by atoms with Crippen molar-refractivity contribution in [3.05, 3.63) is 48.0 Å². The minimum absolute atomic E-state index is 0.0789. The smallest absolute Gasteiger partial charge is 0.224 e. The third-order valence-corrected chi connectivity index (χ3v) is 3.58. The van der Waals surface area contributed by atoms with Crippen LogP contribution in [0.4, 0.5) is 5.69 Å². The monoisotopic (exact) mass is 329 g/mol. The molecule has 2 rings (SSSR count). The van der Waals surface area contributed by atoms with Gasteiger partial charge in [-0.15, -0.1) is 0 Å². The predicted octanol–water partition coefficient (Wildman–Crippen LogP) is 3.67. The van der Waals surface area contributed by atoms with Gasteiger partial charge in [0.2, 0.25) is 5.91 Å². The van der Waals surface area contributed by atoms with E-state index < -0.39 is 0 Å². The zero-order valence-corrected chi connectivity index (χ0v) is 14.3. The Morgan fingerprint density at radius 3 is 2.54 bits per heavy atom. The zero-order valence-electron chi connectivity index (χ0n) is 14.3. The number of anilines is 1. The maximum Gasteiger partial charge on any atom is 0.224 e. The number of hydrogen-bond acceptors (Lipinski definition) is 4. The summed E-state index contributed by atoms with van der Waals surface area (Å²) in [4.78, 5) is 12.2. The van der Waals surface area contributed by atoms with Crippen molar-refractivity contribution in [3.8, 4) is 17.2 Å². The van der Waals surface area contributed by atoms with E-state index in [4.69, 9.17) is 14.2 Å². The van der Waals surface area contributed by atoms with Gasteiger partial charge in [0.15, 0.2) is 0 Å². The highest BCUT2D eigenvalue weighted by Gasteiger charge is 2.10. The fourth-order valence-electron chi connectivity index (χ4n) is 2.37. The van der Waals surface area contributed by atoms with Gasteiger partial charge in [0.05, 0.1) is 26.5 Å². The molecule has 0 unspecified atom stereocenters. The maximum atomic E-state index is 12.2. The third kappa shape index (κ3) is 4.65. The predicted molar refractivity (Wildman–Crippen MR) is 94.1 cm³/mol. The SMILES string of the molecule is CCOc1ccccc1CCC(=O)Nc1ccc(OC)cc1OC. The Balaban J connectivity index is 1.99. The van der Waals surface area contributed by atoms with Crippen LogP contribution in [-0.2, 0) is 11.2 Å². The van der Waals surface area contributed by atoms with E-state index in [0.717, 1.165) is 11.3 Å². The van der Waals surface area contributed by atoms with Crippen LogP contribution in [0.15, 0.2) is 42.5 Å². The third-order valence-electron chi connectivity index (χ3n) is 3.58. The summed E-state index contributed by atoms with van der Waals surface area (Å²) in [5, 5.41) is 2.87. The molecule has 1 amide bonds. The van der Waals surface area contributed by atoms with Gasteiger partial charge in [-0.05, 0) is 37.1 Å². The number of amides is 1. The molecule has 128 valence electrons. The van der Waals surface area contributed by atoms with Gasteiger partial charge in [0, 0.05) is 12.5 Å². The molecule has 2 aromatic carbocycles. The maximum absolute atomic E-state index is 12.2. The van der Waals surface area contributed by atoms with Gasteiger partial charge in [-0.2, -0.15) is 0 Å². The number of ether oxygens (including phenoxy) is 3. The van der Waals surface area contributed by atoms with Gasteiger partial charge in [-0.1, -0.05) is 18.2 Å². The van der Waals surface area contributed by atoms with E-state index in [-0.39, 0.29) is 5.91 Å². The summed E-state index contributed by atoms with van der Waals surface area (Å²) in [6.45, 7) is 2.55. The number of benzene rings is 2. The van der Waals surface area contributed by atoms with E-state index in [1.165, 1.54) is 0 Å². The molecule has 5 nitrogen and oxygen atoms in total. The normalized spacial score (nSPS) is 10.1. The van der Waals surface area contributed by atoms with Crippen molar-refractivity contribution in [2.45, 2.75) is 19.8 Å². The van der Waals surface area contributed by atoms with Crippen LogP contribution < -0.4 is 19.5 Å². The number of carbonyl (C=O) groups excluding carboxylic acids is 1. The topological polar surface area (TPSA) is 56.8 Å². The average Bonchev–Trinajstić information content (AvgIpc) is 2.61. The molecule has 0 fully saturated rings. The molecule has 0 spiro atoms. The van der Waals surface area contributed by atoms with E-state index in [2.05, 4.69) is 5.32 Å². The van der Waals surface area contributed by atoms with Gasteiger partial charge in [0.1, 0.15) is 17.2 Å². The lowest BCUT2D eigenvalue weighted by molar-refractivity contribution is -0.116. The van der Waals surface area contributed by atoms with Crippen LogP contribution in [0.2, 0.25) is 0 Å². The Bertz CT molecular complexity index is 685. The number of hydrogen-bond donors (Lipinski definition) is 1. The van der Waals surface area contributed by atoms with Crippen molar-refractivity contribution in [3.63, 3.8) is 0 Å². The fourth-order valence-corrected chi connectivity index (χ4v) is 2.37. The van der Waals surface area contributed by atoms with Crippen LogP contribution in [0.5, 0.6) is 17.2 Å². The number of methoxy groups -OCH3 is 2. The van der Waals surface area contributed by atoms with Crippen LogP contribution >= 0.6 is 0 Å². The summed E-state index contributed by atoms with van der Waals surface area (Å²) in [5.74, 6) is 1.99. The molecular formula is C19H23NO4. The first-order valence-electron chi connectivity index (χ1n) is 7.90. The Kier molecular flexibility index (Phi) is 6.49. The summed E-state index contributed by atoms with van der Waals surface area (Å²) in [6, 6.07) is 13.1. The minimum Gasteiger partial charge on any atom is -0.497 e. The van der Waals surface area contributed by atoms with Crippen LogP contribution in [0.3, 0.4) is 0 Å². The van der Waals surface area contributed by atoms with Crippen LogP contribution in [0.25, 0.3) is 0 Å². The van der Waals surface area contributed by atoms with Crippen molar-refractivity contribution in [1.82, 2.24) is 0 Å². The first-order chi connectivity index (χ1) is 11.7. The highest BCUT2D eigenvalue weighted by molar-refractivity contribution is 5.92. The molecule has 0 heterocycles. The lowest BCUT2D eigenvalue weighted by Gasteiger charge is -2.12. The molecule has 0 atom stereocenters. The Hall–Kier alpha value is -2.69. The largest absolute Gasteiger partial charge is 0.497 e. The molecule has 0 aliphatic heterocycles. The molecule has 0 radical (unpaired) electrons. The van der Waals surface area contributed by atoms with Crippen molar-refractivity contribution in [2.24, 2.45) is 0 Å². The number of aryl methyl sites for hydroxylation is 1. The van der Waals surface area contributed by atoms with Crippen molar-refractivity contribution in [1.29, 1.82) is 0 Å². The second-order valence-electron chi connectivity index (χ2n) is 5.16. The minimum atomic E-state index is -0.0789. The highest BCUT2D eigenvalue weighted by atomic mass is 16.5. The number of para-hydroxylation sites is 1. The number of rotatable bonds is 8. The summed E-state index contributed by atoms with van der Waals surface area (Å²) < 4.78 is 16.0. The Morgan fingerprint density at radius 2 is 1.83 bits per heavy atom. The molecule has 1 N–H and O–H groups in total. The molecule has 5 heteroatoms. The molecule has 0 aliphatic carbocycles. The molecule has 24 heavy (non-hydrogen) atoms. The quantitative estimate of drug-likeness (QED) is 0.803. The highest BCUT2D eigenvalue weighted by Crippen LogP contribution is 2.29. The molecule has 0 saturated heterocycles. The van der Waals surface area contributed by atoms with Gasteiger partial charge < -0.3 is 19.5 Å². The molecule has 2 aromatic rings. The second kappa shape index (κ2) is 8.82. The van der Waals surface area contributed by atoms with E-state index in [9.17, 15) is 4.79 Å². The lowest BCUT2D eigenvalue weighted by atomic mass is 10.1. The molecule has 0 aliphatic rings. The molecule has 0 aromatic heterocycles. The molecule has 0 bridgehead atoms. The van der Waals surface area contributed by atoms with Crippen LogP contribution in [-0.4, -0.2) is 26.7 Å². The first-order valence-corrected chi connectivity index (χ1v) is 7.90.